The zero-order valence-electron chi connectivity index (χ0n) is 18.0. The Morgan fingerprint density at radius 3 is 2.39 bits per heavy atom. The standard InChI is InChI=1S/C24H22N2O6S/c1-15-9-10-19(31-2)18(12-15)26-21(27)13-25-22(28)14-32-24(30)17-7-4-3-6-16(17)23(29)20-8-5-11-33-20/h3-12H,13-14H2,1-2H3,(H,25,28)(H,26,27). The fourth-order valence-electron chi connectivity index (χ4n) is 2.95. The van der Waals surface area contributed by atoms with Crippen molar-refractivity contribution in [3.05, 3.63) is 81.5 Å². The van der Waals surface area contributed by atoms with Crippen LogP contribution in [0.15, 0.2) is 60.0 Å². The summed E-state index contributed by atoms with van der Waals surface area (Å²) in [5.41, 5.74) is 1.67. The van der Waals surface area contributed by atoms with E-state index in [1.54, 1.807) is 41.8 Å². The third kappa shape index (κ3) is 6.27. The first kappa shape index (κ1) is 23.7. The molecule has 0 saturated heterocycles. The molecule has 9 heteroatoms. The van der Waals surface area contributed by atoms with Crippen LogP contribution in [0.25, 0.3) is 0 Å². The van der Waals surface area contributed by atoms with E-state index in [4.69, 9.17) is 9.47 Å². The Labute approximate surface area is 194 Å². The number of anilines is 1. The highest BCUT2D eigenvalue weighted by Crippen LogP contribution is 2.25. The van der Waals surface area contributed by atoms with Gasteiger partial charge in [-0.05, 0) is 42.1 Å². The molecule has 0 aliphatic carbocycles. The second-order valence-electron chi connectivity index (χ2n) is 6.96. The number of carbonyl (C=O) groups is 4. The number of esters is 1. The number of ketones is 1. The van der Waals surface area contributed by atoms with Gasteiger partial charge in [-0.3, -0.25) is 14.4 Å². The molecule has 2 amide bonds. The molecule has 0 bridgehead atoms. The lowest BCUT2D eigenvalue weighted by atomic mass is 10.0. The molecule has 3 aromatic rings. The second-order valence-corrected chi connectivity index (χ2v) is 7.90. The monoisotopic (exact) mass is 466 g/mol. The third-order valence-electron chi connectivity index (χ3n) is 4.55. The quantitative estimate of drug-likeness (QED) is 0.370. The van der Waals surface area contributed by atoms with E-state index in [1.807, 2.05) is 13.0 Å². The summed E-state index contributed by atoms with van der Waals surface area (Å²) in [6.07, 6.45) is 0. The number of carbonyl (C=O) groups excluding carboxylic acids is 4. The minimum absolute atomic E-state index is 0.0629. The number of hydrogen-bond acceptors (Lipinski definition) is 7. The molecule has 0 saturated carbocycles. The van der Waals surface area contributed by atoms with Crippen LogP contribution in [-0.4, -0.2) is 43.8 Å². The zero-order valence-corrected chi connectivity index (χ0v) is 18.9. The Morgan fingerprint density at radius 1 is 0.939 bits per heavy atom. The van der Waals surface area contributed by atoms with Crippen molar-refractivity contribution in [2.45, 2.75) is 6.92 Å². The number of benzene rings is 2. The summed E-state index contributed by atoms with van der Waals surface area (Å²) in [5.74, 6) is -1.74. The number of methoxy groups -OCH3 is 1. The van der Waals surface area contributed by atoms with Gasteiger partial charge in [-0.25, -0.2) is 4.79 Å². The third-order valence-corrected chi connectivity index (χ3v) is 5.41. The molecule has 170 valence electrons. The fourth-order valence-corrected chi connectivity index (χ4v) is 3.63. The van der Waals surface area contributed by atoms with Crippen molar-refractivity contribution in [1.82, 2.24) is 5.32 Å². The van der Waals surface area contributed by atoms with Crippen LogP contribution in [0, 0.1) is 6.92 Å². The Bertz CT molecular complexity index is 1170. The summed E-state index contributed by atoms with van der Waals surface area (Å²) in [7, 11) is 1.49. The van der Waals surface area contributed by atoms with E-state index in [2.05, 4.69) is 10.6 Å². The highest BCUT2D eigenvalue weighted by atomic mass is 32.1. The van der Waals surface area contributed by atoms with Crippen LogP contribution in [0.2, 0.25) is 0 Å². The Balaban J connectivity index is 1.52. The van der Waals surface area contributed by atoms with Crippen LogP contribution in [0.5, 0.6) is 5.75 Å². The van der Waals surface area contributed by atoms with Gasteiger partial charge in [0.05, 0.1) is 29.8 Å². The second kappa shape index (κ2) is 11.1. The van der Waals surface area contributed by atoms with Crippen LogP contribution in [0.1, 0.15) is 31.2 Å². The summed E-state index contributed by atoms with van der Waals surface area (Å²) in [6, 6.07) is 15.0. The van der Waals surface area contributed by atoms with E-state index in [-0.39, 0.29) is 23.5 Å². The molecule has 3 rings (SSSR count). The van der Waals surface area contributed by atoms with Crippen LogP contribution < -0.4 is 15.4 Å². The number of thiophene rings is 1. The summed E-state index contributed by atoms with van der Waals surface area (Å²) in [5, 5.41) is 6.81. The zero-order chi connectivity index (χ0) is 23.8. The normalized spacial score (nSPS) is 10.2. The molecule has 0 unspecified atom stereocenters. The average molecular weight is 467 g/mol. The fraction of sp³-hybridized carbons (Fsp3) is 0.167. The smallest absolute Gasteiger partial charge is 0.339 e. The summed E-state index contributed by atoms with van der Waals surface area (Å²) in [4.78, 5) is 49.8. The van der Waals surface area contributed by atoms with Gasteiger partial charge in [0.15, 0.2) is 6.61 Å². The molecule has 0 spiro atoms. The van der Waals surface area contributed by atoms with Gasteiger partial charge in [0.1, 0.15) is 5.75 Å². The van der Waals surface area contributed by atoms with Gasteiger partial charge in [-0.1, -0.05) is 30.3 Å². The van der Waals surface area contributed by atoms with Crippen molar-refractivity contribution in [1.29, 1.82) is 0 Å². The highest BCUT2D eigenvalue weighted by Gasteiger charge is 2.20. The van der Waals surface area contributed by atoms with Gasteiger partial charge in [0, 0.05) is 5.56 Å². The predicted molar refractivity (Wildman–Crippen MR) is 124 cm³/mol. The molecule has 1 heterocycles. The summed E-state index contributed by atoms with van der Waals surface area (Å²) in [6.45, 7) is 0.958. The van der Waals surface area contributed by atoms with Crippen LogP contribution in [-0.2, 0) is 14.3 Å². The first-order valence-electron chi connectivity index (χ1n) is 9.94. The Morgan fingerprint density at radius 2 is 1.70 bits per heavy atom. The lowest BCUT2D eigenvalue weighted by Crippen LogP contribution is -2.35. The van der Waals surface area contributed by atoms with Crippen molar-refractivity contribution in [3.63, 3.8) is 0 Å². The van der Waals surface area contributed by atoms with Crippen molar-refractivity contribution >= 4 is 40.6 Å². The topological polar surface area (TPSA) is 111 Å². The van der Waals surface area contributed by atoms with Gasteiger partial charge in [0.25, 0.3) is 5.91 Å². The van der Waals surface area contributed by atoms with E-state index in [0.717, 1.165) is 5.56 Å². The molecular formula is C24H22N2O6S. The first-order valence-corrected chi connectivity index (χ1v) is 10.8. The SMILES string of the molecule is COc1ccc(C)cc1NC(=O)CNC(=O)COC(=O)c1ccccc1C(=O)c1cccs1. The van der Waals surface area contributed by atoms with E-state index in [9.17, 15) is 19.2 Å². The number of hydrogen-bond donors (Lipinski definition) is 2. The number of aryl methyl sites for hydroxylation is 1. The lowest BCUT2D eigenvalue weighted by molar-refractivity contribution is -0.126. The van der Waals surface area contributed by atoms with Crippen LogP contribution in [0.3, 0.4) is 0 Å². The molecule has 0 fully saturated rings. The minimum Gasteiger partial charge on any atom is -0.495 e. The molecule has 33 heavy (non-hydrogen) atoms. The average Bonchev–Trinajstić information content (AvgIpc) is 3.36. The van der Waals surface area contributed by atoms with E-state index in [1.165, 1.54) is 30.6 Å². The lowest BCUT2D eigenvalue weighted by Gasteiger charge is -2.12. The van der Waals surface area contributed by atoms with Gasteiger partial charge >= 0.3 is 5.97 Å². The van der Waals surface area contributed by atoms with Gasteiger partial charge in [-0.15, -0.1) is 11.3 Å². The predicted octanol–water partition coefficient (Wildman–Crippen LogP) is 3.21. The molecule has 2 N–H and O–H groups in total. The van der Waals surface area contributed by atoms with Crippen molar-refractivity contribution < 1.29 is 28.7 Å². The Hall–Kier alpha value is -3.98. The molecule has 0 aliphatic rings. The number of amides is 2. The minimum atomic E-state index is -0.806. The van der Waals surface area contributed by atoms with Crippen LogP contribution in [0.4, 0.5) is 5.69 Å². The first-order chi connectivity index (χ1) is 15.9. The van der Waals surface area contributed by atoms with Gasteiger partial charge in [-0.2, -0.15) is 0 Å². The van der Waals surface area contributed by atoms with Crippen molar-refractivity contribution in [2.24, 2.45) is 0 Å². The number of ether oxygens (including phenoxy) is 2. The molecule has 0 atom stereocenters. The van der Waals surface area contributed by atoms with Crippen molar-refractivity contribution in [2.75, 3.05) is 25.6 Å². The van der Waals surface area contributed by atoms with Crippen LogP contribution >= 0.6 is 11.3 Å². The molecule has 2 aromatic carbocycles. The number of nitrogens with one attached hydrogen (secondary N) is 2. The number of rotatable bonds is 9. The van der Waals surface area contributed by atoms with E-state index >= 15 is 0 Å². The summed E-state index contributed by atoms with van der Waals surface area (Å²) >= 11 is 1.27. The molecule has 1 aromatic heterocycles. The molecule has 0 aliphatic heterocycles. The van der Waals surface area contributed by atoms with E-state index in [0.29, 0.717) is 16.3 Å². The van der Waals surface area contributed by atoms with Crippen molar-refractivity contribution in [3.8, 4) is 5.75 Å². The Kier molecular flexibility index (Phi) is 7.93. The highest BCUT2D eigenvalue weighted by molar-refractivity contribution is 7.12. The maximum atomic E-state index is 12.6. The maximum Gasteiger partial charge on any atom is 0.339 e. The molecular weight excluding hydrogens is 444 g/mol. The van der Waals surface area contributed by atoms with Gasteiger partial charge in [0.2, 0.25) is 11.7 Å². The molecule has 0 radical (unpaired) electrons. The largest absolute Gasteiger partial charge is 0.495 e. The molecule has 8 nitrogen and oxygen atoms in total. The van der Waals surface area contributed by atoms with Gasteiger partial charge < -0.3 is 20.1 Å². The van der Waals surface area contributed by atoms with E-state index < -0.39 is 24.4 Å². The summed E-state index contributed by atoms with van der Waals surface area (Å²) < 4.78 is 10.3. The maximum absolute atomic E-state index is 12.6.